The van der Waals surface area contributed by atoms with Crippen molar-refractivity contribution in [1.29, 1.82) is 0 Å². The molecule has 1 heterocycles. The van der Waals surface area contributed by atoms with Crippen molar-refractivity contribution in [1.82, 2.24) is 9.36 Å². The van der Waals surface area contributed by atoms with Gasteiger partial charge >= 0.3 is 11.9 Å². The van der Waals surface area contributed by atoms with Gasteiger partial charge in [0.25, 0.3) is 0 Å². The van der Waals surface area contributed by atoms with Crippen LogP contribution in [0, 0.1) is 0 Å². The number of anilines is 1. The van der Waals surface area contributed by atoms with Crippen LogP contribution in [-0.4, -0.2) is 48.6 Å². The van der Waals surface area contributed by atoms with Gasteiger partial charge in [-0.15, -0.1) is 0 Å². The lowest BCUT2D eigenvalue weighted by atomic mass is 10.5. The minimum absolute atomic E-state index is 0.0687. The fraction of sp³-hybridized carbons (Fsp3) is 0.500. The molecule has 1 rings (SSSR count). The van der Waals surface area contributed by atoms with Gasteiger partial charge in [0.05, 0.1) is 14.2 Å². The molecule has 0 N–H and O–H groups in total. The number of methoxy groups -OCH3 is 2. The van der Waals surface area contributed by atoms with E-state index in [0.29, 0.717) is 5.13 Å². The van der Waals surface area contributed by atoms with Crippen LogP contribution in [0.5, 0.6) is 0 Å². The molecule has 7 nitrogen and oxygen atoms in total. The van der Waals surface area contributed by atoms with E-state index in [1.165, 1.54) is 25.4 Å². The fourth-order valence-electron chi connectivity index (χ4n) is 0.939. The predicted molar refractivity (Wildman–Crippen MR) is 56.2 cm³/mol. The van der Waals surface area contributed by atoms with Crippen LogP contribution in [0.3, 0.4) is 0 Å². The summed E-state index contributed by atoms with van der Waals surface area (Å²) in [5, 5.41) is 0.468. The Hall–Kier alpha value is -1.70. The Morgan fingerprint density at radius 3 is 2.25 bits per heavy atom. The molecule has 0 amide bonds. The van der Waals surface area contributed by atoms with E-state index in [4.69, 9.17) is 0 Å². The highest BCUT2D eigenvalue weighted by molar-refractivity contribution is 7.09. The highest BCUT2D eigenvalue weighted by Gasteiger charge is 2.18. The fourth-order valence-corrected chi connectivity index (χ4v) is 1.47. The van der Waals surface area contributed by atoms with Crippen molar-refractivity contribution in [2.45, 2.75) is 0 Å². The Labute approximate surface area is 96.2 Å². The van der Waals surface area contributed by atoms with Gasteiger partial charge in [-0.2, -0.15) is 4.37 Å². The van der Waals surface area contributed by atoms with Gasteiger partial charge in [0, 0.05) is 11.5 Å². The summed E-state index contributed by atoms with van der Waals surface area (Å²) in [7, 11) is 2.55. The normalized spacial score (nSPS) is 9.62. The average molecular weight is 245 g/mol. The number of rotatable bonds is 5. The van der Waals surface area contributed by atoms with Crippen molar-refractivity contribution in [3.63, 3.8) is 0 Å². The van der Waals surface area contributed by atoms with Crippen molar-refractivity contribution >= 4 is 28.6 Å². The zero-order chi connectivity index (χ0) is 12.0. The number of ether oxygens (including phenoxy) is 2. The molecule has 0 fully saturated rings. The summed E-state index contributed by atoms with van der Waals surface area (Å²) >= 11 is 1.09. The summed E-state index contributed by atoms with van der Waals surface area (Å²) in [5.74, 6) is -0.918. The third-order valence-electron chi connectivity index (χ3n) is 1.72. The van der Waals surface area contributed by atoms with Crippen molar-refractivity contribution in [2.75, 3.05) is 32.2 Å². The lowest BCUT2D eigenvalue weighted by Crippen LogP contribution is -2.35. The molecule has 16 heavy (non-hydrogen) atoms. The topological polar surface area (TPSA) is 81.6 Å². The number of hydrogen-bond acceptors (Lipinski definition) is 8. The number of carbonyl (C=O) groups is 2. The molecule has 1 aromatic rings. The van der Waals surface area contributed by atoms with Crippen molar-refractivity contribution in [3.8, 4) is 0 Å². The van der Waals surface area contributed by atoms with Crippen molar-refractivity contribution in [2.24, 2.45) is 0 Å². The SMILES string of the molecule is COC(=O)CN(CC(=O)OC)c1ncns1. The van der Waals surface area contributed by atoms with Gasteiger partial charge in [-0.3, -0.25) is 9.59 Å². The van der Waals surface area contributed by atoms with E-state index in [1.807, 2.05) is 0 Å². The third kappa shape index (κ3) is 3.46. The molecule has 0 bridgehead atoms. The van der Waals surface area contributed by atoms with Crippen molar-refractivity contribution < 1.29 is 19.1 Å². The van der Waals surface area contributed by atoms with Crippen LogP contribution < -0.4 is 4.90 Å². The molecule has 0 saturated heterocycles. The number of aromatic nitrogens is 2. The Balaban J connectivity index is 2.69. The molecule has 0 atom stereocenters. The average Bonchev–Trinajstić information content (AvgIpc) is 2.81. The zero-order valence-corrected chi connectivity index (χ0v) is 9.69. The maximum atomic E-state index is 11.1. The molecule has 0 unspecified atom stereocenters. The molecular formula is C8H11N3O4S. The van der Waals surface area contributed by atoms with Crippen LogP contribution in [0.2, 0.25) is 0 Å². The summed E-state index contributed by atoms with van der Waals surface area (Å²) < 4.78 is 12.8. The lowest BCUT2D eigenvalue weighted by Gasteiger charge is -2.17. The predicted octanol–water partition coefficient (Wildman–Crippen LogP) is -0.310. The van der Waals surface area contributed by atoms with Gasteiger partial charge in [0.2, 0.25) is 5.13 Å². The molecule has 1 aromatic heterocycles. The quantitative estimate of drug-likeness (QED) is 0.658. The van der Waals surface area contributed by atoms with Crippen LogP contribution in [0.15, 0.2) is 6.33 Å². The Kier molecular flexibility index (Phi) is 4.65. The number of carbonyl (C=O) groups excluding carboxylic acids is 2. The first-order valence-electron chi connectivity index (χ1n) is 4.32. The second-order valence-corrected chi connectivity index (χ2v) is 3.49. The van der Waals surface area contributed by atoms with E-state index in [-0.39, 0.29) is 13.1 Å². The van der Waals surface area contributed by atoms with Crippen LogP contribution in [-0.2, 0) is 19.1 Å². The van der Waals surface area contributed by atoms with Crippen LogP contribution in [0.1, 0.15) is 0 Å². The highest BCUT2D eigenvalue weighted by atomic mass is 32.1. The molecule has 0 spiro atoms. The largest absolute Gasteiger partial charge is 0.468 e. The first kappa shape index (κ1) is 12.4. The standard InChI is InChI=1S/C8H11N3O4S/c1-14-6(12)3-11(4-7(13)15-2)8-9-5-10-16-8/h5H,3-4H2,1-2H3. The van der Waals surface area contributed by atoms with E-state index in [9.17, 15) is 9.59 Å². The lowest BCUT2D eigenvalue weighted by molar-refractivity contribution is -0.140. The number of esters is 2. The van der Waals surface area contributed by atoms with Gasteiger partial charge in [-0.05, 0) is 0 Å². The zero-order valence-electron chi connectivity index (χ0n) is 8.87. The van der Waals surface area contributed by atoms with Gasteiger partial charge in [0.1, 0.15) is 19.4 Å². The minimum atomic E-state index is -0.459. The second kappa shape index (κ2) is 6.01. The molecule has 0 aliphatic heterocycles. The van der Waals surface area contributed by atoms with E-state index in [1.54, 1.807) is 0 Å². The molecule has 0 aliphatic rings. The number of hydrogen-bond donors (Lipinski definition) is 0. The van der Waals surface area contributed by atoms with Gasteiger partial charge in [-0.25, -0.2) is 4.98 Å². The van der Waals surface area contributed by atoms with E-state index < -0.39 is 11.9 Å². The van der Waals surface area contributed by atoms with E-state index in [2.05, 4.69) is 18.8 Å². The van der Waals surface area contributed by atoms with Gasteiger partial charge < -0.3 is 14.4 Å². The van der Waals surface area contributed by atoms with Crippen LogP contribution in [0.25, 0.3) is 0 Å². The van der Waals surface area contributed by atoms with Gasteiger partial charge in [-0.1, -0.05) is 0 Å². The molecule has 0 saturated carbocycles. The number of nitrogens with zero attached hydrogens (tertiary/aromatic N) is 3. The Morgan fingerprint density at radius 2 is 1.88 bits per heavy atom. The molecular weight excluding hydrogens is 234 g/mol. The van der Waals surface area contributed by atoms with Crippen LogP contribution in [0.4, 0.5) is 5.13 Å². The van der Waals surface area contributed by atoms with Crippen LogP contribution >= 0.6 is 11.5 Å². The monoisotopic (exact) mass is 245 g/mol. The summed E-state index contributed by atoms with van der Waals surface area (Å²) in [6.07, 6.45) is 1.35. The van der Waals surface area contributed by atoms with Gasteiger partial charge in [0.15, 0.2) is 0 Å². The summed E-state index contributed by atoms with van der Waals surface area (Å²) in [5.41, 5.74) is 0. The Morgan fingerprint density at radius 1 is 1.31 bits per heavy atom. The highest BCUT2D eigenvalue weighted by Crippen LogP contribution is 2.14. The van der Waals surface area contributed by atoms with E-state index >= 15 is 0 Å². The maximum Gasteiger partial charge on any atom is 0.325 e. The molecule has 0 aromatic carbocycles. The third-order valence-corrected chi connectivity index (χ3v) is 2.44. The minimum Gasteiger partial charge on any atom is -0.468 e. The summed E-state index contributed by atoms with van der Waals surface area (Å²) in [6, 6.07) is 0. The summed E-state index contributed by atoms with van der Waals surface area (Å²) in [6.45, 7) is -0.137. The smallest absolute Gasteiger partial charge is 0.325 e. The van der Waals surface area contributed by atoms with E-state index in [0.717, 1.165) is 11.5 Å². The molecule has 8 heteroatoms. The second-order valence-electron chi connectivity index (χ2n) is 2.73. The maximum absolute atomic E-state index is 11.1. The Bertz CT molecular complexity index is 336. The first-order chi connectivity index (χ1) is 7.67. The molecule has 88 valence electrons. The molecule has 0 radical (unpaired) electrons. The first-order valence-corrected chi connectivity index (χ1v) is 5.10. The van der Waals surface area contributed by atoms with Crippen molar-refractivity contribution in [3.05, 3.63) is 6.33 Å². The molecule has 0 aliphatic carbocycles. The summed E-state index contributed by atoms with van der Waals surface area (Å²) in [4.78, 5) is 27.6.